The van der Waals surface area contributed by atoms with Gasteiger partial charge in [-0.15, -0.1) is 0 Å². The summed E-state index contributed by atoms with van der Waals surface area (Å²) in [5.41, 5.74) is 0. The third-order valence-electron chi connectivity index (χ3n) is 0.363. The third-order valence-corrected chi connectivity index (χ3v) is 0.363. The zero-order chi connectivity index (χ0) is 4.83. The molecule has 0 N–H and O–H groups in total. The molecule has 0 atom stereocenters. The van der Waals surface area contributed by atoms with Gasteiger partial charge in [0.25, 0.3) is 0 Å². The van der Waals surface area contributed by atoms with E-state index in [1.165, 1.54) is 6.40 Å². The van der Waals surface area contributed by atoms with Crippen molar-refractivity contribution in [1.29, 1.82) is 0 Å². The van der Waals surface area contributed by atoms with Crippen molar-refractivity contribution in [2.45, 2.75) is 6.92 Å². The van der Waals surface area contributed by atoms with E-state index >= 15 is 0 Å². The normalized spacial score (nSPS) is 9.67. The summed E-state index contributed by atoms with van der Waals surface area (Å²) in [5.74, 6) is 0. The second-order valence-corrected chi connectivity index (χ2v) is 0.840. The smallest absolute Gasteiger partial charge is 0.168 e. The van der Waals surface area contributed by atoms with E-state index in [1.54, 1.807) is 7.11 Å². The van der Waals surface area contributed by atoms with Gasteiger partial charge in [0, 0.05) is 6.54 Å². The lowest BCUT2D eigenvalue weighted by Gasteiger charge is -1.79. The summed E-state index contributed by atoms with van der Waals surface area (Å²) in [7, 11) is 1.58. The molecule has 0 aromatic heterocycles. The van der Waals surface area contributed by atoms with Crippen molar-refractivity contribution in [3.05, 3.63) is 0 Å². The van der Waals surface area contributed by atoms with Crippen LogP contribution in [-0.4, -0.2) is 20.1 Å². The molecule has 0 aromatic rings. The van der Waals surface area contributed by atoms with Gasteiger partial charge in [-0.1, -0.05) is 0 Å². The molecule has 0 heterocycles. The van der Waals surface area contributed by atoms with E-state index < -0.39 is 0 Å². The number of ether oxygens (including phenoxy) is 1. The van der Waals surface area contributed by atoms with Crippen LogP contribution in [-0.2, 0) is 4.74 Å². The second kappa shape index (κ2) is 4.47. The Morgan fingerprint density at radius 3 is 2.67 bits per heavy atom. The van der Waals surface area contributed by atoms with E-state index in [0.29, 0.717) is 0 Å². The van der Waals surface area contributed by atoms with Crippen molar-refractivity contribution in [3.63, 3.8) is 0 Å². The molecule has 36 valence electrons. The van der Waals surface area contributed by atoms with Gasteiger partial charge in [0.1, 0.15) is 0 Å². The molecule has 0 saturated heterocycles. The zero-order valence-electron chi connectivity index (χ0n) is 4.14. The molecule has 2 heteroatoms. The summed E-state index contributed by atoms with van der Waals surface area (Å²) < 4.78 is 4.49. The minimum absolute atomic E-state index is 0.799. The van der Waals surface area contributed by atoms with Crippen molar-refractivity contribution < 1.29 is 4.74 Å². The first-order valence-electron chi connectivity index (χ1n) is 1.93. The standard InChI is InChI=1S/C4H9NO/c1-3-5-4-6-2/h4H,3H2,1-2H3. The molecule has 0 saturated carbocycles. The largest absolute Gasteiger partial charge is 0.487 e. The summed E-state index contributed by atoms with van der Waals surface area (Å²) in [5, 5.41) is 0. The summed E-state index contributed by atoms with van der Waals surface area (Å²) in [6, 6.07) is 0. The number of nitrogens with zero attached hydrogens (tertiary/aromatic N) is 1. The Hall–Kier alpha value is -0.530. The molecule has 0 spiro atoms. The van der Waals surface area contributed by atoms with Crippen molar-refractivity contribution >= 4 is 6.40 Å². The lowest BCUT2D eigenvalue weighted by Crippen LogP contribution is -1.75. The van der Waals surface area contributed by atoms with E-state index in [2.05, 4.69) is 9.73 Å². The Kier molecular flexibility index (Phi) is 4.08. The Balaban J connectivity index is 2.73. The van der Waals surface area contributed by atoms with Crippen LogP contribution in [0, 0.1) is 0 Å². The lowest BCUT2D eigenvalue weighted by molar-refractivity contribution is 0.421. The van der Waals surface area contributed by atoms with Gasteiger partial charge in [-0.3, -0.25) is 4.99 Å². The van der Waals surface area contributed by atoms with Crippen LogP contribution in [0.3, 0.4) is 0 Å². The average Bonchev–Trinajstić information content (AvgIpc) is 1.61. The topological polar surface area (TPSA) is 21.6 Å². The average molecular weight is 87.1 g/mol. The van der Waals surface area contributed by atoms with E-state index in [0.717, 1.165) is 6.54 Å². The number of methoxy groups -OCH3 is 1. The summed E-state index contributed by atoms with van der Waals surface area (Å²) in [4.78, 5) is 3.74. The quantitative estimate of drug-likeness (QED) is 0.358. The van der Waals surface area contributed by atoms with Gasteiger partial charge in [0.15, 0.2) is 6.40 Å². The van der Waals surface area contributed by atoms with Crippen LogP contribution in [0.25, 0.3) is 0 Å². The van der Waals surface area contributed by atoms with Crippen molar-refractivity contribution in [1.82, 2.24) is 0 Å². The van der Waals surface area contributed by atoms with E-state index in [-0.39, 0.29) is 0 Å². The van der Waals surface area contributed by atoms with Gasteiger partial charge < -0.3 is 4.74 Å². The molecule has 0 aliphatic heterocycles. The molecule has 0 aromatic carbocycles. The third kappa shape index (κ3) is 3.47. The highest BCUT2D eigenvalue weighted by Gasteiger charge is 1.57. The zero-order valence-corrected chi connectivity index (χ0v) is 4.14. The van der Waals surface area contributed by atoms with Gasteiger partial charge in [0.2, 0.25) is 0 Å². The Labute approximate surface area is 37.8 Å². The minimum Gasteiger partial charge on any atom is -0.487 e. The number of hydrogen-bond acceptors (Lipinski definition) is 2. The molecule has 2 nitrogen and oxygen atoms in total. The molecular weight excluding hydrogens is 78.0 g/mol. The van der Waals surface area contributed by atoms with Crippen LogP contribution in [0.1, 0.15) is 6.92 Å². The van der Waals surface area contributed by atoms with E-state index in [9.17, 15) is 0 Å². The first kappa shape index (κ1) is 5.47. The van der Waals surface area contributed by atoms with Crippen LogP contribution in [0.5, 0.6) is 0 Å². The Morgan fingerprint density at radius 1 is 1.83 bits per heavy atom. The number of aliphatic imine (C=N–C) groups is 1. The number of rotatable bonds is 2. The van der Waals surface area contributed by atoms with Gasteiger partial charge in [-0.05, 0) is 6.92 Å². The van der Waals surface area contributed by atoms with Crippen LogP contribution >= 0.6 is 0 Å². The Bertz CT molecular complexity index is 36.8. The molecule has 0 unspecified atom stereocenters. The van der Waals surface area contributed by atoms with E-state index in [1.807, 2.05) is 6.92 Å². The summed E-state index contributed by atoms with van der Waals surface area (Å²) >= 11 is 0. The molecule has 0 aliphatic rings. The van der Waals surface area contributed by atoms with Crippen LogP contribution in [0.2, 0.25) is 0 Å². The predicted molar refractivity (Wildman–Crippen MR) is 26.0 cm³/mol. The molecule has 0 aliphatic carbocycles. The molecule has 0 fully saturated rings. The molecule has 0 rings (SSSR count). The maximum Gasteiger partial charge on any atom is 0.168 e. The molecule has 0 bridgehead atoms. The second-order valence-electron chi connectivity index (χ2n) is 0.840. The van der Waals surface area contributed by atoms with Crippen LogP contribution in [0.4, 0.5) is 0 Å². The maximum atomic E-state index is 4.49. The van der Waals surface area contributed by atoms with Gasteiger partial charge in [0.05, 0.1) is 7.11 Å². The fourth-order valence-corrected chi connectivity index (χ4v) is 0.149. The summed E-state index contributed by atoms with van der Waals surface area (Å²) in [6.07, 6.45) is 1.43. The first-order valence-corrected chi connectivity index (χ1v) is 1.93. The van der Waals surface area contributed by atoms with Crippen molar-refractivity contribution in [2.24, 2.45) is 4.99 Å². The highest BCUT2D eigenvalue weighted by molar-refractivity contribution is 5.45. The molecule has 0 amide bonds. The maximum absolute atomic E-state index is 4.49. The predicted octanol–water partition coefficient (Wildman–Crippen LogP) is 0.681. The monoisotopic (exact) mass is 87.1 g/mol. The van der Waals surface area contributed by atoms with Gasteiger partial charge in [-0.2, -0.15) is 0 Å². The summed E-state index contributed by atoms with van der Waals surface area (Å²) in [6.45, 7) is 2.75. The minimum atomic E-state index is 0.799. The van der Waals surface area contributed by atoms with Gasteiger partial charge in [-0.25, -0.2) is 0 Å². The fraction of sp³-hybridized carbons (Fsp3) is 0.750. The van der Waals surface area contributed by atoms with Crippen molar-refractivity contribution in [2.75, 3.05) is 13.7 Å². The van der Waals surface area contributed by atoms with Crippen LogP contribution < -0.4 is 0 Å². The molecular formula is C4H9NO. The van der Waals surface area contributed by atoms with Gasteiger partial charge >= 0.3 is 0 Å². The lowest BCUT2D eigenvalue weighted by atomic mass is 10.8. The molecule has 6 heavy (non-hydrogen) atoms. The van der Waals surface area contributed by atoms with Crippen LogP contribution in [0.15, 0.2) is 4.99 Å². The highest BCUT2D eigenvalue weighted by atomic mass is 16.5. The first-order chi connectivity index (χ1) is 2.91. The Morgan fingerprint density at radius 2 is 2.50 bits per heavy atom. The number of hydrogen-bond donors (Lipinski definition) is 0. The highest BCUT2D eigenvalue weighted by Crippen LogP contribution is 1.60. The molecule has 0 radical (unpaired) electrons. The van der Waals surface area contributed by atoms with E-state index in [4.69, 9.17) is 0 Å². The SMILES string of the molecule is CCN=COC. The van der Waals surface area contributed by atoms with Crippen molar-refractivity contribution in [3.8, 4) is 0 Å². The fourth-order valence-electron chi connectivity index (χ4n) is 0.149.